The van der Waals surface area contributed by atoms with Crippen molar-refractivity contribution in [1.82, 2.24) is 4.72 Å². The maximum atomic E-state index is 12.0. The Hall–Kier alpha value is -1.60. The summed E-state index contributed by atoms with van der Waals surface area (Å²) < 4.78 is 31.7. The molecule has 0 amide bonds. The molecular weight excluding hydrogens is 282 g/mol. The molecule has 0 fully saturated rings. The molecule has 0 unspecified atom stereocenters. The Morgan fingerprint density at radius 1 is 1.40 bits per heavy atom. The summed E-state index contributed by atoms with van der Waals surface area (Å²) in [6.07, 6.45) is 0.730. The van der Waals surface area contributed by atoms with Crippen LogP contribution in [-0.2, 0) is 10.0 Å². The lowest BCUT2D eigenvalue weighted by Gasteiger charge is -2.12. The van der Waals surface area contributed by atoms with E-state index < -0.39 is 16.0 Å². The molecule has 0 bridgehead atoms. The van der Waals surface area contributed by atoms with Gasteiger partial charge in [-0.3, -0.25) is 0 Å². The van der Waals surface area contributed by atoms with Gasteiger partial charge >= 0.3 is 5.97 Å². The van der Waals surface area contributed by atoms with Gasteiger partial charge in [0, 0.05) is 6.04 Å². The number of ether oxygens (including phenoxy) is 1. The summed E-state index contributed by atoms with van der Waals surface area (Å²) in [5.41, 5.74) is -0.162. The molecule has 0 aliphatic rings. The van der Waals surface area contributed by atoms with Crippen LogP contribution < -0.4 is 9.46 Å². The summed E-state index contributed by atoms with van der Waals surface area (Å²) in [7, 11) is -3.72. The van der Waals surface area contributed by atoms with Crippen LogP contribution in [0.25, 0.3) is 0 Å². The van der Waals surface area contributed by atoms with E-state index in [4.69, 9.17) is 9.84 Å². The quantitative estimate of drug-likeness (QED) is 0.802. The highest BCUT2D eigenvalue weighted by Crippen LogP contribution is 2.23. The Labute approximate surface area is 118 Å². The third-order valence-corrected chi connectivity index (χ3v) is 4.00. The fourth-order valence-corrected chi connectivity index (χ4v) is 2.84. The van der Waals surface area contributed by atoms with Crippen LogP contribution in [0.4, 0.5) is 0 Å². The minimum atomic E-state index is -3.72. The van der Waals surface area contributed by atoms with Crippen LogP contribution >= 0.6 is 0 Å². The molecule has 0 aromatic heterocycles. The van der Waals surface area contributed by atoms with Gasteiger partial charge in [-0.05, 0) is 38.5 Å². The normalized spacial score (nSPS) is 11.6. The predicted molar refractivity (Wildman–Crippen MR) is 74.6 cm³/mol. The zero-order valence-corrected chi connectivity index (χ0v) is 12.5. The van der Waals surface area contributed by atoms with Gasteiger partial charge in [0.1, 0.15) is 11.3 Å². The molecule has 1 rings (SSSR count). The van der Waals surface area contributed by atoms with Crippen molar-refractivity contribution in [2.75, 3.05) is 6.61 Å². The standard InChI is InChI=1S/C13H19NO5S/c1-4-7-19-12-6-5-10(8-11(12)13(15)16)20(17,18)14-9(2)3/h5-6,8-9,14H,4,7H2,1-3H3,(H,15,16). The van der Waals surface area contributed by atoms with Crippen molar-refractivity contribution < 1.29 is 23.1 Å². The fraction of sp³-hybridized carbons (Fsp3) is 0.462. The molecular formula is C13H19NO5S. The van der Waals surface area contributed by atoms with Gasteiger partial charge in [-0.15, -0.1) is 0 Å². The minimum absolute atomic E-state index is 0.0903. The van der Waals surface area contributed by atoms with Crippen LogP contribution in [0.3, 0.4) is 0 Å². The second kappa shape index (κ2) is 6.71. The van der Waals surface area contributed by atoms with Crippen LogP contribution in [0.5, 0.6) is 5.75 Å². The van der Waals surface area contributed by atoms with Crippen molar-refractivity contribution >= 4 is 16.0 Å². The zero-order chi connectivity index (χ0) is 15.3. The average Bonchev–Trinajstić information content (AvgIpc) is 2.34. The number of rotatable bonds is 7. The summed E-state index contributed by atoms with van der Waals surface area (Å²) in [5, 5.41) is 9.14. The highest BCUT2D eigenvalue weighted by Gasteiger charge is 2.20. The van der Waals surface area contributed by atoms with E-state index in [-0.39, 0.29) is 22.3 Å². The number of hydrogen-bond acceptors (Lipinski definition) is 4. The number of nitrogens with one attached hydrogen (secondary N) is 1. The molecule has 6 nitrogen and oxygen atoms in total. The Morgan fingerprint density at radius 3 is 2.55 bits per heavy atom. The average molecular weight is 301 g/mol. The molecule has 0 aliphatic carbocycles. The van der Waals surface area contributed by atoms with E-state index in [2.05, 4.69) is 4.72 Å². The first-order valence-corrected chi connectivity index (χ1v) is 7.78. The Morgan fingerprint density at radius 2 is 2.05 bits per heavy atom. The maximum absolute atomic E-state index is 12.0. The van der Waals surface area contributed by atoms with Gasteiger partial charge in [0.15, 0.2) is 0 Å². The Kier molecular flexibility index (Phi) is 5.52. The second-order valence-electron chi connectivity index (χ2n) is 4.59. The van der Waals surface area contributed by atoms with Crippen LogP contribution in [0.2, 0.25) is 0 Å². The van der Waals surface area contributed by atoms with E-state index in [1.54, 1.807) is 13.8 Å². The smallest absolute Gasteiger partial charge is 0.339 e. The topological polar surface area (TPSA) is 92.7 Å². The molecule has 0 saturated heterocycles. The highest BCUT2D eigenvalue weighted by atomic mass is 32.2. The monoisotopic (exact) mass is 301 g/mol. The molecule has 0 aliphatic heterocycles. The first-order valence-electron chi connectivity index (χ1n) is 6.30. The molecule has 2 N–H and O–H groups in total. The summed E-state index contributed by atoms with van der Waals surface area (Å²) in [6, 6.07) is 3.54. The largest absolute Gasteiger partial charge is 0.493 e. The number of benzene rings is 1. The molecule has 0 radical (unpaired) electrons. The molecule has 112 valence electrons. The van der Waals surface area contributed by atoms with E-state index in [0.29, 0.717) is 6.61 Å². The van der Waals surface area contributed by atoms with Crippen molar-refractivity contribution in [1.29, 1.82) is 0 Å². The number of sulfonamides is 1. The molecule has 20 heavy (non-hydrogen) atoms. The maximum Gasteiger partial charge on any atom is 0.339 e. The summed E-state index contributed by atoms with van der Waals surface area (Å²) in [5.74, 6) is -1.06. The van der Waals surface area contributed by atoms with Gasteiger partial charge in [0.2, 0.25) is 10.0 Å². The van der Waals surface area contributed by atoms with Gasteiger partial charge in [-0.2, -0.15) is 0 Å². The first kappa shape index (κ1) is 16.5. The predicted octanol–water partition coefficient (Wildman–Crippen LogP) is 1.86. The number of carboxylic acid groups (broad SMARTS) is 1. The summed E-state index contributed by atoms with van der Waals surface area (Å²) in [4.78, 5) is 11.1. The van der Waals surface area contributed by atoms with Crippen LogP contribution in [0, 0.1) is 0 Å². The van der Waals surface area contributed by atoms with Gasteiger partial charge in [-0.1, -0.05) is 6.92 Å². The number of carboxylic acids is 1. The van der Waals surface area contributed by atoms with E-state index in [1.807, 2.05) is 6.92 Å². The minimum Gasteiger partial charge on any atom is -0.493 e. The molecule has 7 heteroatoms. The second-order valence-corrected chi connectivity index (χ2v) is 6.30. The van der Waals surface area contributed by atoms with Crippen LogP contribution in [0.15, 0.2) is 23.1 Å². The molecule has 0 heterocycles. The Balaban J connectivity index is 3.19. The third-order valence-electron chi connectivity index (χ3n) is 2.34. The van der Waals surface area contributed by atoms with Crippen LogP contribution in [0.1, 0.15) is 37.6 Å². The number of carbonyl (C=O) groups is 1. The van der Waals surface area contributed by atoms with Crippen molar-refractivity contribution in [3.63, 3.8) is 0 Å². The lowest BCUT2D eigenvalue weighted by Crippen LogP contribution is -2.30. The Bertz CT molecular complexity index is 580. The van der Waals surface area contributed by atoms with Gasteiger partial charge in [-0.25, -0.2) is 17.9 Å². The van der Waals surface area contributed by atoms with Gasteiger partial charge < -0.3 is 9.84 Å². The molecule has 1 aromatic carbocycles. The number of hydrogen-bond donors (Lipinski definition) is 2. The van der Waals surface area contributed by atoms with Crippen molar-refractivity contribution in [3.8, 4) is 5.75 Å². The third kappa shape index (κ3) is 4.21. The fourth-order valence-electron chi connectivity index (χ4n) is 1.56. The van der Waals surface area contributed by atoms with E-state index in [0.717, 1.165) is 12.5 Å². The van der Waals surface area contributed by atoms with E-state index in [9.17, 15) is 13.2 Å². The SMILES string of the molecule is CCCOc1ccc(S(=O)(=O)NC(C)C)cc1C(=O)O. The van der Waals surface area contributed by atoms with Crippen molar-refractivity contribution in [3.05, 3.63) is 23.8 Å². The lowest BCUT2D eigenvalue weighted by atomic mass is 10.2. The van der Waals surface area contributed by atoms with Gasteiger partial charge in [0.05, 0.1) is 11.5 Å². The number of aromatic carboxylic acids is 1. The molecule has 0 atom stereocenters. The molecule has 1 aromatic rings. The van der Waals surface area contributed by atoms with E-state index in [1.165, 1.54) is 12.1 Å². The van der Waals surface area contributed by atoms with Crippen LogP contribution in [-0.4, -0.2) is 32.1 Å². The van der Waals surface area contributed by atoms with Crippen molar-refractivity contribution in [2.24, 2.45) is 0 Å². The van der Waals surface area contributed by atoms with Crippen molar-refractivity contribution in [2.45, 2.75) is 38.1 Å². The molecule has 0 spiro atoms. The summed E-state index contributed by atoms with van der Waals surface area (Å²) in [6.45, 7) is 5.64. The highest BCUT2D eigenvalue weighted by molar-refractivity contribution is 7.89. The first-order chi connectivity index (χ1) is 9.27. The van der Waals surface area contributed by atoms with Gasteiger partial charge in [0.25, 0.3) is 0 Å². The zero-order valence-electron chi connectivity index (χ0n) is 11.7. The molecule has 0 saturated carbocycles. The van der Waals surface area contributed by atoms with E-state index >= 15 is 0 Å². The summed E-state index contributed by atoms with van der Waals surface area (Å²) >= 11 is 0. The lowest BCUT2D eigenvalue weighted by molar-refractivity contribution is 0.0692.